The number of benzene rings is 3. The van der Waals surface area contributed by atoms with E-state index >= 15 is 0 Å². The topological polar surface area (TPSA) is 46.4 Å². The highest BCUT2D eigenvalue weighted by atomic mass is 35.5. The first kappa shape index (κ1) is 21.2. The van der Waals surface area contributed by atoms with Crippen molar-refractivity contribution in [3.05, 3.63) is 118 Å². The van der Waals surface area contributed by atoms with Gasteiger partial charge in [0.05, 0.1) is 5.56 Å². The first-order valence-corrected chi connectivity index (χ1v) is 11.7. The van der Waals surface area contributed by atoms with Gasteiger partial charge in [0.2, 0.25) is 0 Å². The second-order valence-corrected chi connectivity index (χ2v) is 8.90. The molecule has 1 amide bonds. The van der Waals surface area contributed by atoms with Crippen molar-refractivity contribution in [2.24, 2.45) is 4.99 Å². The summed E-state index contributed by atoms with van der Waals surface area (Å²) in [6.45, 7) is 0.781. The summed E-state index contributed by atoms with van der Waals surface area (Å²) in [5.74, 6) is -0.197. The third-order valence-electron chi connectivity index (χ3n) is 5.33. The molecule has 0 spiro atoms. The van der Waals surface area contributed by atoms with Crippen LogP contribution < -0.4 is 5.32 Å². The van der Waals surface area contributed by atoms with Gasteiger partial charge in [-0.1, -0.05) is 60.1 Å². The molecule has 5 rings (SSSR count). The van der Waals surface area contributed by atoms with E-state index in [1.54, 1.807) is 30.3 Å². The fraction of sp³-hybridized carbons (Fsp3) is 0.0370. The minimum atomic E-state index is -0.197. The van der Waals surface area contributed by atoms with Crippen LogP contribution in [-0.2, 0) is 6.54 Å². The predicted octanol–water partition coefficient (Wildman–Crippen LogP) is 7.41. The molecule has 0 bridgehead atoms. The van der Waals surface area contributed by atoms with Gasteiger partial charge in [-0.15, -0.1) is 11.3 Å². The summed E-state index contributed by atoms with van der Waals surface area (Å²) >= 11 is 7.37. The van der Waals surface area contributed by atoms with E-state index in [0.29, 0.717) is 21.3 Å². The van der Waals surface area contributed by atoms with Gasteiger partial charge < -0.3 is 9.88 Å². The van der Waals surface area contributed by atoms with Crippen LogP contribution in [0.2, 0.25) is 5.02 Å². The standard InChI is InChI=1S/C27H20ClN3OS/c28-21-10-12-22(13-11-21)30-26(32)24-14-15-33-27(24)29-16-20-18-31(17-19-6-2-1-3-7-19)25-9-5-4-8-23(20)25/h1-16,18H,17H2,(H,30,32). The molecule has 0 atom stereocenters. The first-order chi connectivity index (χ1) is 16.2. The number of carbonyl (C=O) groups excluding carboxylic acids is 1. The Bertz CT molecular complexity index is 1440. The number of carbonyl (C=O) groups is 1. The molecule has 5 aromatic rings. The average molecular weight is 470 g/mol. The van der Waals surface area contributed by atoms with Crippen LogP contribution in [-0.4, -0.2) is 16.7 Å². The molecule has 0 fully saturated rings. The molecule has 0 aliphatic heterocycles. The maximum absolute atomic E-state index is 12.8. The third-order valence-corrected chi connectivity index (χ3v) is 6.40. The summed E-state index contributed by atoms with van der Waals surface area (Å²) in [6, 6.07) is 27.5. The lowest BCUT2D eigenvalue weighted by atomic mass is 10.2. The van der Waals surface area contributed by atoms with Crippen molar-refractivity contribution >= 4 is 56.7 Å². The summed E-state index contributed by atoms with van der Waals surface area (Å²) in [5, 5.41) is 7.20. The molecule has 4 nitrogen and oxygen atoms in total. The zero-order valence-corrected chi connectivity index (χ0v) is 19.2. The van der Waals surface area contributed by atoms with Gasteiger partial charge in [0, 0.05) is 46.1 Å². The quantitative estimate of drug-likeness (QED) is 0.258. The number of nitrogens with one attached hydrogen (secondary N) is 1. The summed E-state index contributed by atoms with van der Waals surface area (Å²) < 4.78 is 2.23. The first-order valence-electron chi connectivity index (χ1n) is 10.5. The van der Waals surface area contributed by atoms with Crippen molar-refractivity contribution in [1.82, 2.24) is 4.57 Å². The molecular weight excluding hydrogens is 450 g/mol. The molecule has 0 unspecified atom stereocenters. The van der Waals surface area contributed by atoms with Crippen LogP contribution in [0.25, 0.3) is 10.9 Å². The number of thiophene rings is 1. The van der Waals surface area contributed by atoms with Crippen LogP contribution in [0.15, 0.2) is 101 Å². The Morgan fingerprint density at radius 1 is 0.970 bits per heavy atom. The van der Waals surface area contributed by atoms with Gasteiger partial charge in [-0.05, 0) is 47.3 Å². The largest absolute Gasteiger partial charge is 0.342 e. The normalized spacial score (nSPS) is 11.3. The Morgan fingerprint density at radius 2 is 1.73 bits per heavy atom. The molecule has 1 N–H and O–H groups in total. The lowest BCUT2D eigenvalue weighted by Crippen LogP contribution is -2.10. The lowest BCUT2D eigenvalue weighted by Gasteiger charge is -2.05. The van der Waals surface area contributed by atoms with Crippen molar-refractivity contribution < 1.29 is 4.79 Å². The third kappa shape index (κ3) is 4.75. The van der Waals surface area contributed by atoms with Crippen LogP contribution in [0.1, 0.15) is 21.5 Å². The Balaban J connectivity index is 1.41. The SMILES string of the molecule is O=C(Nc1ccc(Cl)cc1)c1ccsc1N=Cc1cn(Cc2ccccc2)c2ccccc12. The average Bonchev–Trinajstić information content (AvgIpc) is 3.45. The smallest absolute Gasteiger partial charge is 0.258 e. The molecule has 2 aromatic heterocycles. The van der Waals surface area contributed by atoms with Crippen LogP contribution >= 0.6 is 22.9 Å². The minimum absolute atomic E-state index is 0.197. The molecule has 2 heterocycles. The summed E-state index contributed by atoms with van der Waals surface area (Å²) in [7, 11) is 0. The number of amides is 1. The second-order valence-electron chi connectivity index (χ2n) is 7.57. The van der Waals surface area contributed by atoms with E-state index in [1.165, 1.54) is 16.9 Å². The van der Waals surface area contributed by atoms with E-state index < -0.39 is 0 Å². The molecule has 162 valence electrons. The molecule has 0 saturated carbocycles. The number of fused-ring (bicyclic) bond motifs is 1. The highest BCUT2D eigenvalue weighted by Crippen LogP contribution is 2.29. The second kappa shape index (κ2) is 9.45. The van der Waals surface area contributed by atoms with Crippen LogP contribution in [0.3, 0.4) is 0 Å². The minimum Gasteiger partial charge on any atom is -0.342 e. The van der Waals surface area contributed by atoms with Crippen molar-refractivity contribution in [3.8, 4) is 0 Å². The van der Waals surface area contributed by atoms with Crippen LogP contribution in [0.4, 0.5) is 10.7 Å². The van der Waals surface area contributed by atoms with E-state index in [2.05, 4.69) is 57.5 Å². The van der Waals surface area contributed by atoms with Crippen molar-refractivity contribution in [1.29, 1.82) is 0 Å². The molecule has 0 saturated heterocycles. The molecular formula is C27H20ClN3OS. The number of anilines is 1. The number of para-hydroxylation sites is 1. The van der Waals surface area contributed by atoms with E-state index in [0.717, 1.165) is 23.0 Å². The summed E-state index contributed by atoms with van der Waals surface area (Å²) in [6.07, 6.45) is 3.96. The Morgan fingerprint density at radius 3 is 2.55 bits per heavy atom. The molecule has 6 heteroatoms. The Hall–Kier alpha value is -3.67. The summed E-state index contributed by atoms with van der Waals surface area (Å²) in [5.41, 5.74) is 4.63. The zero-order valence-electron chi connectivity index (χ0n) is 17.6. The van der Waals surface area contributed by atoms with Crippen molar-refractivity contribution in [3.63, 3.8) is 0 Å². The Labute approximate surface area is 200 Å². The summed E-state index contributed by atoms with van der Waals surface area (Å²) in [4.78, 5) is 17.5. The van der Waals surface area contributed by atoms with Crippen LogP contribution in [0.5, 0.6) is 0 Å². The number of hydrogen-bond donors (Lipinski definition) is 1. The van der Waals surface area contributed by atoms with E-state index in [9.17, 15) is 4.79 Å². The van der Waals surface area contributed by atoms with E-state index in [-0.39, 0.29) is 5.91 Å². The van der Waals surface area contributed by atoms with E-state index in [1.807, 2.05) is 29.8 Å². The molecule has 33 heavy (non-hydrogen) atoms. The fourth-order valence-electron chi connectivity index (χ4n) is 3.72. The van der Waals surface area contributed by atoms with Gasteiger partial charge in [-0.3, -0.25) is 4.79 Å². The number of nitrogens with zero attached hydrogens (tertiary/aromatic N) is 2. The van der Waals surface area contributed by atoms with Gasteiger partial charge in [0.25, 0.3) is 5.91 Å². The molecule has 0 aliphatic carbocycles. The zero-order chi connectivity index (χ0) is 22.6. The highest BCUT2D eigenvalue weighted by Gasteiger charge is 2.13. The van der Waals surface area contributed by atoms with E-state index in [4.69, 9.17) is 11.6 Å². The van der Waals surface area contributed by atoms with Crippen molar-refractivity contribution in [2.45, 2.75) is 6.54 Å². The van der Waals surface area contributed by atoms with Gasteiger partial charge in [0.15, 0.2) is 0 Å². The maximum atomic E-state index is 12.8. The Kier molecular flexibility index (Phi) is 6.07. The van der Waals surface area contributed by atoms with Crippen molar-refractivity contribution in [2.75, 3.05) is 5.32 Å². The highest BCUT2D eigenvalue weighted by molar-refractivity contribution is 7.14. The lowest BCUT2D eigenvalue weighted by molar-refractivity contribution is 0.102. The fourth-order valence-corrected chi connectivity index (χ4v) is 4.58. The monoisotopic (exact) mass is 469 g/mol. The maximum Gasteiger partial charge on any atom is 0.258 e. The van der Waals surface area contributed by atoms with Crippen LogP contribution in [0, 0.1) is 0 Å². The molecule has 0 radical (unpaired) electrons. The van der Waals surface area contributed by atoms with Gasteiger partial charge >= 0.3 is 0 Å². The number of aliphatic imine (C=N–C) groups is 1. The molecule has 3 aromatic carbocycles. The van der Waals surface area contributed by atoms with Gasteiger partial charge in [-0.25, -0.2) is 4.99 Å². The number of rotatable bonds is 6. The number of aromatic nitrogens is 1. The number of hydrogen-bond acceptors (Lipinski definition) is 3. The van der Waals surface area contributed by atoms with Gasteiger partial charge in [-0.2, -0.15) is 0 Å². The predicted molar refractivity (Wildman–Crippen MR) is 138 cm³/mol. The number of halogens is 1. The molecule has 0 aliphatic rings. The van der Waals surface area contributed by atoms with Gasteiger partial charge in [0.1, 0.15) is 5.00 Å².